The van der Waals surface area contributed by atoms with Crippen molar-refractivity contribution in [3.05, 3.63) is 70.8 Å². The molecule has 24 heavy (non-hydrogen) atoms. The van der Waals surface area contributed by atoms with Crippen molar-refractivity contribution in [2.24, 2.45) is 0 Å². The highest BCUT2D eigenvalue weighted by atomic mass is 19.4. The zero-order chi connectivity index (χ0) is 17.2. The van der Waals surface area contributed by atoms with Gasteiger partial charge in [0.15, 0.2) is 0 Å². The molecule has 0 saturated carbocycles. The van der Waals surface area contributed by atoms with Crippen LogP contribution in [0.2, 0.25) is 0 Å². The van der Waals surface area contributed by atoms with Crippen LogP contribution in [0.4, 0.5) is 13.2 Å². The Morgan fingerprint density at radius 2 is 1.75 bits per heavy atom. The summed E-state index contributed by atoms with van der Waals surface area (Å²) in [6.07, 6.45) is -2.21. The molecular weight excluding hydrogens is 311 g/mol. The van der Waals surface area contributed by atoms with Crippen LogP contribution in [0, 0.1) is 0 Å². The van der Waals surface area contributed by atoms with Crippen molar-refractivity contribution in [2.45, 2.75) is 31.9 Å². The predicted octanol–water partition coefficient (Wildman–Crippen LogP) is 5.11. The van der Waals surface area contributed by atoms with E-state index in [4.69, 9.17) is 0 Å². The molecule has 1 aliphatic rings. The van der Waals surface area contributed by atoms with Gasteiger partial charge in [-0.2, -0.15) is 13.2 Å². The third-order valence-corrected chi connectivity index (χ3v) is 4.75. The molecule has 1 heterocycles. The highest BCUT2D eigenvalue weighted by molar-refractivity contribution is 5.40. The molecule has 0 amide bonds. The number of alkyl halides is 3. The Labute approximate surface area is 141 Å². The van der Waals surface area contributed by atoms with E-state index in [2.05, 4.69) is 24.0 Å². The van der Waals surface area contributed by atoms with Gasteiger partial charge >= 0.3 is 6.18 Å². The van der Waals surface area contributed by atoms with E-state index in [1.54, 1.807) is 12.1 Å². The number of hydrogen-bond acceptors (Lipinski definition) is 1. The first-order chi connectivity index (χ1) is 11.5. The molecule has 1 unspecified atom stereocenters. The van der Waals surface area contributed by atoms with Gasteiger partial charge in [0.05, 0.1) is 5.56 Å². The van der Waals surface area contributed by atoms with E-state index in [-0.39, 0.29) is 5.92 Å². The molecule has 0 radical (unpaired) electrons. The summed E-state index contributed by atoms with van der Waals surface area (Å²) in [7, 11) is 0. The molecule has 0 bridgehead atoms. The van der Waals surface area contributed by atoms with E-state index in [0.717, 1.165) is 38.0 Å². The molecule has 0 fully saturated rings. The van der Waals surface area contributed by atoms with Gasteiger partial charge in [0.1, 0.15) is 0 Å². The van der Waals surface area contributed by atoms with Crippen molar-refractivity contribution < 1.29 is 13.2 Å². The van der Waals surface area contributed by atoms with Crippen LogP contribution >= 0.6 is 0 Å². The molecule has 3 rings (SSSR count). The molecular formula is C20H22F3N. The summed E-state index contributed by atoms with van der Waals surface area (Å²) < 4.78 is 38.5. The standard InChI is InChI=1S/C20H22F3N/c1-2-12-24-13-11-15-5-3-4-6-18(15)19(14-24)16-7-9-17(10-8-16)20(21,22)23/h3-10,19H,2,11-14H2,1H3. The van der Waals surface area contributed by atoms with Gasteiger partial charge in [0.2, 0.25) is 0 Å². The maximum atomic E-state index is 12.8. The number of hydrogen-bond donors (Lipinski definition) is 0. The Balaban J connectivity index is 1.96. The van der Waals surface area contributed by atoms with Crippen LogP contribution in [0.5, 0.6) is 0 Å². The van der Waals surface area contributed by atoms with Crippen LogP contribution in [0.25, 0.3) is 0 Å². The molecule has 0 N–H and O–H groups in total. The summed E-state index contributed by atoms with van der Waals surface area (Å²) in [5.74, 6) is 0.123. The van der Waals surface area contributed by atoms with Gasteiger partial charge in [0, 0.05) is 19.0 Å². The van der Waals surface area contributed by atoms with Crippen molar-refractivity contribution in [1.29, 1.82) is 0 Å². The molecule has 1 aliphatic heterocycles. The second-order valence-electron chi connectivity index (χ2n) is 6.42. The van der Waals surface area contributed by atoms with Crippen LogP contribution in [0.15, 0.2) is 48.5 Å². The lowest BCUT2D eigenvalue weighted by atomic mass is 9.87. The molecule has 0 saturated heterocycles. The van der Waals surface area contributed by atoms with Gasteiger partial charge in [-0.3, -0.25) is 0 Å². The van der Waals surface area contributed by atoms with Crippen molar-refractivity contribution in [2.75, 3.05) is 19.6 Å². The molecule has 1 atom stereocenters. The number of nitrogens with zero attached hydrogens (tertiary/aromatic N) is 1. The Kier molecular flexibility index (Phi) is 4.95. The summed E-state index contributed by atoms with van der Waals surface area (Å²) >= 11 is 0. The number of halogens is 3. The third-order valence-electron chi connectivity index (χ3n) is 4.75. The zero-order valence-electron chi connectivity index (χ0n) is 13.8. The lowest BCUT2D eigenvalue weighted by molar-refractivity contribution is -0.137. The molecule has 0 spiro atoms. The fourth-order valence-electron chi connectivity index (χ4n) is 3.54. The van der Waals surface area contributed by atoms with Crippen molar-refractivity contribution >= 4 is 0 Å². The SMILES string of the molecule is CCCN1CCc2ccccc2C(c2ccc(C(F)(F)F)cc2)C1. The lowest BCUT2D eigenvalue weighted by Crippen LogP contribution is -2.29. The van der Waals surface area contributed by atoms with E-state index in [1.807, 2.05) is 12.1 Å². The summed E-state index contributed by atoms with van der Waals surface area (Å²) in [6, 6.07) is 14.0. The summed E-state index contributed by atoms with van der Waals surface area (Å²) in [5.41, 5.74) is 2.92. The highest BCUT2D eigenvalue weighted by Crippen LogP contribution is 2.34. The minimum atomic E-state index is -4.28. The van der Waals surface area contributed by atoms with Crippen molar-refractivity contribution in [3.63, 3.8) is 0 Å². The lowest BCUT2D eigenvalue weighted by Gasteiger charge is -2.25. The average Bonchev–Trinajstić information content (AvgIpc) is 2.75. The molecule has 2 aromatic carbocycles. The maximum Gasteiger partial charge on any atom is 0.416 e. The normalized spacial score (nSPS) is 18.9. The van der Waals surface area contributed by atoms with E-state index in [0.29, 0.717) is 0 Å². The van der Waals surface area contributed by atoms with E-state index >= 15 is 0 Å². The Hall–Kier alpha value is -1.81. The topological polar surface area (TPSA) is 3.24 Å². The van der Waals surface area contributed by atoms with Gasteiger partial charge in [-0.25, -0.2) is 0 Å². The van der Waals surface area contributed by atoms with Crippen molar-refractivity contribution in [1.82, 2.24) is 4.90 Å². The minimum Gasteiger partial charge on any atom is -0.302 e. The molecule has 4 heteroatoms. The molecule has 0 aromatic heterocycles. The van der Waals surface area contributed by atoms with Gasteiger partial charge < -0.3 is 4.90 Å². The first-order valence-corrected chi connectivity index (χ1v) is 8.46. The third kappa shape index (κ3) is 3.64. The van der Waals surface area contributed by atoms with Crippen LogP contribution in [-0.2, 0) is 12.6 Å². The highest BCUT2D eigenvalue weighted by Gasteiger charge is 2.31. The molecule has 2 aromatic rings. The Morgan fingerprint density at radius 1 is 1.04 bits per heavy atom. The first kappa shape index (κ1) is 17.0. The van der Waals surface area contributed by atoms with Crippen LogP contribution in [-0.4, -0.2) is 24.5 Å². The fourth-order valence-corrected chi connectivity index (χ4v) is 3.54. The van der Waals surface area contributed by atoms with Gasteiger partial charge in [0.25, 0.3) is 0 Å². The summed E-state index contributed by atoms with van der Waals surface area (Å²) in [4.78, 5) is 2.42. The van der Waals surface area contributed by atoms with Gasteiger partial charge in [-0.15, -0.1) is 0 Å². The van der Waals surface area contributed by atoms with E-state index < -0.39 is 11.7 Å². The zero-order valence-corrected chi connectivity index (χ0v) is 13.8. The van der Waals surface area contributed by atoms with Crippen LogP contribution < -0.4 is 0 Å². The van der Waals surface area contributed by atoms with Gasteiger partial charge in [-0.1, -0.05) is 43.3 Å². The average molecular weight is 333 g/mol. The maximum absolute atomic E-state index is 12.8. The second-order valence-corrected chi connectivity index (χ2v) is 6.42. The number of rotatable bonds is 3. The largest absolute Gasteiger partial charge is 0.416 e. The first-order valence-electron chi connectivity index (χ1n) is 8.46. The Bertz CT molecular complexity index is 676. The quantitative estimate of drug-likeness (QED) is 0.755. The van der Waals surface area contributed by atoms with Crippen LogP contribution in [0.1, 0.15) is 41.5 Å². The summed E-state index contributed by atoms with van der Waals surface area (Å²) in [6.45, 7) is 5.04. The smallest absolute Gasteiger partial charge is 0.302 e. The van der Waals surface area contributed by atoms with Crippen molar-refractivity contribution in [3.8, 4) is 0 Å². The number of benzene rings is 2. The van der Waals surface area contributed by atoms with Crippen LogP contribution in [0.3, 0.4) is 0 Å². The Morgan fingerprint density at radius 3 is 2.42 bits per heavy atom. The molecule has 1 nitrogen and oxygen atoms in total. The predicted molar refractivity (Wildman–Crippen MR) is 90.2 cm³/mol. The monoisotopic (exact) mass is 333 g/mol. The molecule has 128 valence electrons. The number of fused-ring (bicyclic) bond motifs is 1. The minimum absolute atomic E-state index is 0.123. The van der Waals surface area contributed by atoms with Gasteiger partial charge in [-0.05, 0) is 48.2 Å². The second kappa shape index (κ2) is 6.98. The molecule has 0 aliphatic carbocycles. The van der Waals surface area contributed by atoms with E-state index in [9.17, 15) is 13.2 Å². The fraction of sp³-hybridized carbons (Fsp3) is 0.400. The van der Waals surface area contributed by atoms with E-state index in [1.165, 1.54) is 23.3 Å². The summed E-state index contributed by atoms with van der Waals surface area (Å²) in [5, 5.41) is 0.